The Morgan fingerprint density at radius 2 is 1.61 bits per heavy atom. The molecule has 0 radical (unpaired) electrons. The third-order valence-electron chi connectivity index (χ3n) is 2.27. The van der Waals surface area contributed by atoms with E-state index in [1.165, 1.54) is 13.8 Å². The Labute approximate surface area is 105 Å². The monoisotopic (exact) mass is 243 g/mol. The number of anilines is 1. The fourth-order valence-electron chi connectivity index (χ4n) is 1.42. The second-order valence-corrected chi connectivity index (χ2v) is 3.82. The minimum atomic E-state index is -0.124. The van der Waals surface area contributed by atoms with Crippen molar-refractivity contribution in [2.75, 3.05) is 5.32 Å². The van der Waals surface area contributed by atoms with E-state index in [2.05, 4.69) is 15.4 Å². The van der Waals surface area contributed by atoms with Crippen molar-refractivity contribution in [1.82, 2.24) is 0 Å². The van der Waals surface area contributed by atoms with Crippen molar-refractivity contribution in [2.45, 2.75) is 20.8 Å². The summed E-state index contributed by atoms with van der Waals surface area (Å²) in [5, 5.41) is 6.36. The van der Waals surface area contributed by atoms with E-state index in [9.17, 15) is 9.59 Å². The van der Waals surface area contributed by atoms with E-state index in [1.54, 1.807) is 25.1 Å². The van der Waals surface area contributed by atoms with Crippen LogP contribution in [-0.2, 0) is 0 Å². The lowest BCUT2D eigenvalue weighted by molar-refractivity contribution is 0.101. The molecule has 18 heavy (non-hydrogen) atoms. The molecule has 1 aromatic rings. The molecule has 0 saturated heterocycles. The molecule has 0 bridgehead atoms. The van der Waals surface area contributed by atoms with Crippen LogP contribution in [0.4, 0.5) is 5.69 Å². The van der Waals surface area contributed by atoms with Crippen molar-refractivity contribution in [2.24, 2.45) is 5.10 Å². The van der Waals surface area contributed by atoms with E-state index in [0.717, 1.165) is 0 Å². The van der Waals surface area contributed by atoms with Crippen LogP contribution in [-0.4, -0.2) is 17.4 Å². The van der Waals surface area contributed by atoms with Crippen molar-refractivity contribution in [3.63, 3.8) is 0 Å². The van der Waals surface area contributed by atoms with E-state index in [0.29, 0.717) is 22.6 Å². The maximum atomic E-state index is 11.4. The number of Topliss-reactive ketones (excluding diaryl/α,β-unsaturated/α-hetero) is 2. The number of benzene rings is 1. The summed E-state index contributed by atoms with van der Waals surface area (Å²) in [6, 6.07) is 4.80. The first-order chi connectivity index (χ1) is 8.43. The molecule has 0 aromatic heterocycles. The quantitative estimate of drug-likeness (QED) is 0.292. The fourth-order valence-corrected chi connectivity index (χ4v) is 1.42. The normalized spacial score (nSPS) is 10.7. The number of hydrogen-bond donors (Lipinski definition) is 1. The van der Waals surface area contributed by atoms with Crippen LogP contribution in [0.2, 0.25) is 0 Å². The maximum absolute atomic E-state index is 11.4. The molecular weight excluding hydrogens is 230 g/mol. The molecule has 0 aliphatic heterocycles. The molecule has 0 fully saturated rings. The van der Waals surface area contributed by atoms with Crippen LogP contribution in [0.25, 0.3) is 4.95 Å². The van der Waals surface area contributed by atoms with Gasteiger partial charge in [-0.15, -0.1) is 4.95 Å². The molecular formula is C13H13N3O2. The van der Waals surface area contributed by atoms with Gasteiger partial charge < -0.3 is 5.32 Å². The number of hydrogen-bond acceptors (Lipinski definition) is 3. The smallest absolute Gasteiger partial charge is 0.186 e. The Hall–Kier alpha value is -2.48. The molecule has 0 spiro atoms. The molecule has 0 aliphatic rings. The lowest BCUT2D eigenvalue weighted by Crippen LogP contribution is -2.08. The van der Waals surface area contributed by atoms with Gasteiger partial charge in [0, 0.05) is 23.7 Å². The van der Waals surface area contributed by atoms with Gasteiger partial charge in [0.25, 0.3) is 0 Å². The van der Waals surface area contributed by atoms with Gasteiger partial charge in [-0.1, -0.05) is 0 Å². The van der Waals surface area contributed by atoms with Crippen LogP contribution in [0.1, 0.15) is 41.5 Å². The molecule has 5 nitrogen and oxygen atoms in total. The molecule has 0 saturated carbocycles. The SMILES string of the molecule is [C-]#[N+]N=C(C)Nc1cc(C(C)=O)cc(C(C)=O)c1. The first kappa shape index (κ1) is 13.6. The fraction of sp³-hybridized carbons (Fsp3) is 0.231. The molecule has 5 heteroatoms. The summed E-state index contributed by atoms with van der Waals surface area (Å²) < 4.78 is 0. The average Bonchev–Trinajstić information content (AvgIpc) is 2.28. The number of ketones is 2. The molecule has 92 valence electrons. The summed E-state index contributed by atoms with van der Waals surface area (Å²) in [4.78, 5) is 25.6. The Balaban J connectivity index is 3.20. The highest BCUT2D eigenvalue weighted by Gasteiger charge is 2.08. The van der Waals surface area contributed by atoms with Crippen LogP contribution in [0.5, 0.6) is 0 Å². The van der Waals surface area contributed by atoms with Crippen LogP contribution >= 0.6 is 0 Å². The highest BCUT2D eigenvalue weighted by molar-refractivity contribution is 6.03. The number of carbonyl (C=O) groups is 2. The lowest BCUT2D eigenvalue weighted by Gasteiger charge is -2.07. The highest BCUT2D eigenvalue weighted by Crippen LogP contribution is 2.16. The van der Waals surface area contributed by atoms with Gasteiger partial charge in [-0.2, -0.15) is 6.57 Å². The molecule has 1 rings (SSSR count). The number of rotatable bonds is 3. The van der Waals surface area contributed by atoms with Crippen LogP contribution in [0.3, 0.4) is 0 Å². The van der Waals surface area contributed by atoms with Crippen LogP contribution in [0.15, 0.2) is 23.3 Å². The van der Waals surface area contributed by atoms with Gasteiger partial charge >= 0.3 is 0 Å². The minimum absolute atomic E-state index is 0.124. The third kappa shape index (κ3) is 3.52. The van der Waals surface area contributed by atoms with Crippen molar-refractivity contribution in [1.29, 1.82) is 0 Å². The zero-order valence-electron chi connectivity index (χ0n) is 10.4. The van der Waals surface area contributed by atoms with Gasteiger partial charge in [-0.05, 0) is 32.0 Å². The van der Waals surface area contributed by atoms with Gasteiger partial charge in [-0.25, -0.2) is 0 Å². The van der Waals surface area contributed by atoms with E-state index < -0.39 is 0 Å². The van der Waals surface area contributed by atoms with Crippen molar-refractivity contribution in [3.05, 3.63) is 40.9 Å². The topological polar surface area (TPSA) is 62.9 Å². The van der Waals surface area contributed by atoms with Crippen LogP contribution < -0.4 is 5.32 Å². The van der Waals surface area contributed by atoms with Gasteiger partial charge in [-0.3, -0.25) is 9.59 Å². The van der Waals surface area contributed by atoms with E-state index in [4.69, 9.17) is 6.57 Å². The summed E-state index contributed by atoms with van der Waals surface area (Å²) in [6.45, 7) is 11.1. The largest absolute Gasteiger partial charge is 0.338 e. The molecule has 1 N–H and O–H groups in total. The first-order valence-corrected chi connectivity index (χ1v) is 5.29. The lowest BCUT2D eigenvalue weighted by atomic mass is 10.0. The summed E-state index contributed by atoms with van der Waals surface area (Å²) in [6.07, 6.45) is 0. The Kier molecular flexibility index (Phi) is 4.33. The van der Waals surface area contributed by atoms with E-state index >= 15 is 0 Å². The number of carbonyl (C=O) groups excluding carboxylic acids is 2. The Bertz CT molecular complexity index is 536. The average molecular weight is 243 g/mol. The van der Waals surface area contributed by atoms with Crippen LogP contribution in [0, 0.1) is 6.57 Å². The number of nitrogens with one attached hydrogen (secondary N) is 1. The predicted molar refractivity (Wildman–Crippen MR) is 69.8 cm³/mol. The third-order valence-corrected chi connectivity index (χ3v) is 2.27. The van der Waals surface area contributed by atoms with Crippen molar-refractivity contribution >= 4 is 23.1 Å². The zero-order valence-corrected chi connectivity index (χ0v) is 10.4. The zero-order chi connectivity index (χ0) is 13.7. The Morgan fingerprint density at radius 3 is 2.00 bits per heavy atom. The van der Waals surface area contributed by atoms with Gasteiger partial charge in [0.15, 0.2) is 17.4 Å². The first-order valence-electron chi connectivity index (χ1n) is 5.29. The number of nitrogens with zero attached hydrogens (tertiary/aromatic N) is 2. The van der Waals surface area contributed by atoms with Gasteiger partial charge in [0.1, 0.15) is 5.10 Å². The van der Waals surface area contributed by atoms with Gasteiger partial charge in [0.05, 0.1) is 0 Å². The molecule has 0 unspecified atom stereocenters. The molecule has 1 aromatic carbocycles. The molecule has 0 atom stereocenters. The predicted octanol–water partition coefficient (Wildman–Crippen LogP) is 2.76. The van der Waals surface area contributed by atoms with Gasteiger partial charge in [0.2, 0.25) is 0 Å². The summed E-state index contributed by atoms with van der Waals surface area (Å²) >= 11 is 0. The summed E-state index contributed by atoms with van der Waals surface area (Å²) in [7, 11) is 0. The molecule has 0 heterocycles. The molecule has 0 aliphatic carbocycles. The Morgan fingerprint density at radius 1 is 1.11 bits per heavy atom. The van der Waals surface area contributed by atoms with Crippen molar-refractivity contribution < 1.29 is 9.59 Å². The van der Waals surface area contributed by atoms with E-state index in [1.807, 2.05) is 0 Å². The number of amidine groups is 1. The maximum Gasteiger partial charge on any atom is 0.186 e. The van der Waals surface area contributed by atoms with Crippen molar-refractivity contribution in [3.8, 4) is 0 Å². The summed E-state index contributed by atoms with van der Waals surface area (Å²) in [5.41, 5.74) is 1.46. The second-order valence-electron chi connectivity index (χ2n) is 3.82. The molecule has 0 amide bonds. The second kappa shape index (κ2) is 5.73. The van der Waals surface area contributed by atoms with E-state index in [-0.39, 0.29) is 11.6 Å². The summed E-state index contributed by atoms with van der Waals surface area (Å²) in [5.74, 6) is 0.155. The highest BCUT2D eigenvalue weighted by atomic mass is 16.1. The minimum Gasteiger partial charge on any atom is -0.338 e. The standard InChI is InChI=1S/C13H13N3O2/c1-8(17)11-5-12(9(2)18)7-13(6-11)15-10(3)16-14-4/h5-7H,1-3H3,(H,15,16).